The number of nitrogens with zero attached hydrogens (tertiary/aromatic N) is 1. The van der Waals surface area contributed by atoms with E-state index in [2.05, 4.69) is 34.5 Å². The number of esters is 1. The second-order valence-corrected chi connectivity index (χ2v) is 11.5. The molecule has 2 heterocycles. The molecule has 5 rings (SSSR count). The van der Waals surface area contributed by atoms with E-state index in [1.54, 1.807) is 6.92 Å². The van der Waals surface area contributed by atoms with Crippen LogP contribution in [0.4, 0.5) is 0 Å². The predicted molar refractivity (Wildman–Crippen MR) is 164 cm³/mol. The van der Waals surface area contributed by atoms with Gasteiger partial charge in [0.25, 0.3) is 5.91 Å². The zero-order valence-corrected chi connectivity index (χ0v) is 25.0. The Kier molecular flexibility index (Phi) is 10.6. The zero-order valence-electron chi connectivity index (χ0n) is 25.0. The van der Waals surface area contributed by atoms with Crippen LogP contribution in [-0.2, 0) is 37.0 Å². The van der Waals surface area contributed by atoms with Crippen molar-refractivity contribution < 1.29 is 28.9 Å². The van der Waals surface area contributed by atoms with Gasteiger partial charge >= 0.3 is 5.97 Å². The monoisotopic (exact) mass is 586 g/mol. The summed E-state index contributed by atoms with van der Waals surface area (Å²) < 4.78 is 18.1. The van der Waals surface area contributed by atoms with Gasteiger partial charge in [0, 0.05) is 32.0 Å². The van der Waals surface area contributed by atoms with E-state index in [9.17, 15) is 14.7 Å². The fourth-order valence-corrected chi connectivity index (χ4v) is 5.79. The van der Waals surface area contributed by atoms with Crippen LogP contribution in [0.5, 0.6) is 0 Å². The number of amides is 1. The van der Waals surface area contributed by atoms with E-state index in [4.69, 9.17) is 14.2 Å². The molecule has 0 unspecified atom stereocenters. The molecule has 0 aliphatic carbocycles. The summed E-state index contributed by atoms with van der Waals surface area (Å²) in [4.78, 5) is 25.9. The minimum Gasteiger partial charge on any atom is -0.453 e. The Balaban J connectivity index is 1.28. The fraction of sp³-hybridized carbons (Fsp3) is 0.429. The normalized spacial score (nSPS) is 21.6. The van der Waals surface area contributed by atoms with E-state index in [0.717, 1.165) is 59.4 Å². The zero-order chi connectivity index (χ0) is 30.2. The van der Waals surface area contributed by atoms with Gasteiger partial charge in [-0.25, -0.2) is 0 Å². The van der Waals surface area contributed by atoms with Gasteiger partial charge in [-0.1, -0.05) is 73.2 Å². The van der Waals surface area contributed by atoms with Gasteiger partial charge in [-0.05, 0) is 66.7 Å². The second kappa shape index (κ2) is 14.8. The Bertz CT molecular complexity index is 1350. The molecule has 2 saturated heterocycles. The molecule has 8 heteroatoms. The number of aliphatic hydroxyl groups excluding tert-OH is 1. The molecule has 1 amide bonds. The molecular weight excluding hydrogens is 544 g/mol. The summed E-state index contributed by atoms with van der Waals surface area (Å²) in [5.74, 6) is -0.819. The summed E-state index contributed by atoms with van der Waals surface area (Å²) in [7, 11) is 0. The molecule has 0 radical (unpaired) electrons. The van der Waals surface area contributed by atoms with Gasteiger partial charge in [-0.15, -0.1) is 0 Å². The maximum atomic E-state index is 12.2. The summed E-state index contributed by atoms with van der Waals surface area (Å²) in [6.45, 7) is 6.32. The van der Waals surface area contributed by atoms with Crippen molar-refractivity contribution >= 4 is 11.9 Å². The van der Waals surface area contributed by atoms with Crippen LogP contribution < -0.4 is 5.32 Å². The predicted octanol–water partition coefficient (Wildman–Crippen LogP) is 5.45. The van der Waals surface area contributed by atoms with Crippen molar-refractivity contribution in [1.29, 1.82) is 0 Å². The Morgan fingerprint density at radius 3 is 2.35 bits per heavy atom. The van der Waals surface area contributed by atoms with Crippen molar-refractivity contribution in [2.75, 3.05) is 19.6 Å². The highest BCUT2D eigenvalue weighted by atomic mass is 16.7. The topological polar surface area (TPSA) is 97.3 Å². The smallest absolute Gasteiger partial charge is 0.303 e. The fourth-order valence-electron chi connectivity index (χ4n) is 5.79. The summed E-state index contributed by atoms with van der Waals surface area (Å²) in [5, 5.41) is 12.3. The molecule has 0 bridgehead atoms. The molecule has 2 N–H and O–H groups in total. The number of hydrogen-bond donors (Lipinski definition) is 2. The van der Waals surface area contributed by atoms with Crippen molar-refractivity contribution in [3.8, 4) is 11.1 Å². The lowest BCUT2D eigenvalue weighted by molar-refractivity contribution is -0.253. The maximum absolute atomic E-state index is 12.2. The minimum absolute atomic E-state index is 0.0221. The van der Waals surface area contributed by atoms with Crippen molar-refractivity contribution in [2.24, 2.45) is 0 Å². The average molecular weight is 587 g/mol. The number of rotatable bonds is 10. The maximum Gasteiger partial charge on any atom is 0.303 e. The van der Waals surface area contributed by atoms with Gasteiger partial charge in [-0.3, -0.25) is 9.59 Å². The Labute approximate surface area is 254 Å². The summed E-state index contributed by atoms with van der Waals surface area (Å²) >= 11 is 0. The summed E-state index contributed by atoms with van der Waals surface area (Å²) in [5.41, 5.74) is 5.96. The third-order valence-electron chi connectivity index (χ3n) is 8.15. The molecule has 228 valence electrons. The molecule has 3 aromatic rings. The number of carbonyl (C=O) groups is 2. The van der Waals surface area contributed by atoms with Gasteiger partial charge < -0.3 is 29.5 Å². The molecule has 4 atom stereocenters. The lowest BCUT2D eigenvalue weighted by Crippen LogP contribution is -2.41. The molecule has 3 aromatic carbocycles. The Morgan fingerprint density at radius 2 is 1.65 bits per heavy atom. The number of hydrogen-bond acceptors (Lipinski definition) is 7. The Hall–Kier alpha value is -3.56. The third kappa shape index (κ3) is 8.51. The number of nitrogens with one attached hydrogen (secondary N) is 1. The molecule has 0 aromatic heterocycles. The first-order chi connectivity index (χ1) is 20.9. The average Bonchev–Trinajstić information content (AvgIpc) is 3.04. The van der Waals surface area contributed by atoms with E-state index in [0.29, 0.717) is 6.54 Å². The number of ether oxygens (including phenoxy) is 3. The van der Waals surface area contributed by atoms with Crippen LogP contribution >= 0.6 is 0 Å². The van der Waals surface area contributed by atoms with Crippen LogP contribution in [0.15, 0.2) is 72.8 Å². The highest BCUT2D eigenvalue weighted by molar-refractivity contribution is 5.82. The first kappa shape index (κ1) is 30.9. The SMILES string of the molecule is CC(=O)O[C@@H](C)C(=O)NCc1cccc(-c2ccc([C@@H]3O[C@H](CN4CCCCC4)C[C@H](c4ccc(CO)cc4)O3)cc2)c1. The number of aliphatic hydroxyl groups is 1. The van der Waals surface area contributed by atoms with Crippen molar-refractivity contribution in [1.82, 2.24) is 10.2 Å². The molecule has 2 fully saturated rings. The van der Waals surface area contributed by atoms with E-state index in [1.165, 1.54) is 26.2 Å². The largest absolute Gasteiger partial charge is 0.453 e. The summed E-state index contributed by atoms with van der Waals surface area (Å²) in [6, 6.07) is 24.3. The van der Waals surface area contributed by atoms with Crippen LogP contribution in [0.3, 0.4) is 0 Å². The van der Waals surface area contributed by atoms with Crippen LogP contribution in [-0.4, -0.2) is 53.7 Å². The number of piperidine rings is 1. The molecule has 2 aliphatic rings. The minimum atomic E-state index is -0.837. The molecule has 8 nitrogen and oxygen atoms in total. The molecule has 43 heavy (non-hydrogen) atoms. The number of benzene rings is 3. The van der Waals surface area contributed by atoms with Gasteiger partial charge in [0.05, 0.1) is 18.8 Å². The van der Waals surface area contributed by atoms with Gasteiger partial charge in [0.2, 0.25) is 0 Å². The number of likely N-dealkylation sites (tertiary alicyclic amines) is 1. The van der Waals surface area contributed by atoms with Crippen molar-refractivity contribution in [3.63, 3.8) is 0 Å². The first-order valence-corrected chi connectivity index (χ1v) is 15.2. The Morgan fingerprint density at radius 1 is 0.930 bits per heavy atom. The highest BCUT2D eigenvalue weighted by Crippen LogP contribution is 2.39. The lowest BCUT2D eigenvalue weighted by atomic mass is 9.98. The van der Waals surface area contributed by atoms with Crippen LogP contribution in [0.25, 0.3) is 11.1 Å². The van der Waals surface area contributed by atoms with Crippen molar-refractivity contribution in [2.45, 2.75) is 77.3 Å². The highest BCUT2D eigenvalue weighted by Gasteiger charge is 2.33. The molecular formula is C35H42N2O6. The van der Waals surface area contributed by atoms with Crippen molar-refractivity contribution in [3.05, 3.63) is 95.1 Å². The van der Waals surface area contributed by atoms with E-state index >= 15 is 0 Å². The van der Waals surface area contributed by atoms with Crippen LogP contribution in [0.1, 0.15) is 74.2 Å². The van der Waals surface area contributed by atoms with Crippen LogP contribution in [0.2, 0.25) is 0 Å². The second-order valence-electron chi connectivity index (χ2n) is 11.5. The van der Waals surface area contributed by atoms with Gasteiger partial charge in [-0.2, -0.15) is 0 Å². The summed E-state index contributed by atoms with van der Waals surface area (Å²) in [6.07, 6.45) is 3.19. The quantitative estimate of drug-likeness (QED) is 0.305. The molecule has 0 saturated carbocycles. The van der Waals surface area contributed by atoms with Crippen LogP contribution in [0, 0.1) is 0 Å². The molecule has 0 spiro atoms. The van der Waals surface area contributed by atoms with Gasteiger partial charge in [0.1, 0.15) is 0 Å². The first-order valence-electron chi connectivity index (χ1n) is 15.2. The number of carbonyl (C=O) groups excluding carboxylic acids is 2. The molecule has 2 aliphatic heterocycles. The van der Waals surface area contributed by atoms with E-state index in [1.807, 2.05) is 48.5 Å². The lowest BCUT2D eigenvalue weighted by Gasteiger charge is -2.39. The van der Waals surface area contributed by atoms with E-state index in [-0.39, 0.29) is 24.7 Å². The van der Waals surface area contributed by atoms with E-state index < -0.39 is 18.4 Å². The standard InChI is InChI=1S/C35H42N2O6/c1-24(41-25(2)39)34(40)36-21-27-7-6-8-31(19-27)28-13-15-30(16-14-28)35-42-32(22-37-17-4-3-5-18-37)20-33(43-35)29-11-9-26(23-38)10-12-29/h6-16,19,24,32-33,35,38H,3-5,17-18,20-23H2,1-2H3,(H,36,40)/t24-,32-,33+,35+/m0/s1. The third-order valence-corrected chi connectivity index (χ3v) is 8.15. The van der Waals surface area contributed by atoms with Gasteiger partial charge in [0.15, 0.2) is 12.4 Å².